The number of hydrogen-bond acceptors (Lipinski definition) is 6. The van der Waals surface area contributed by atoms with Crippen molar-refractivity contribution in [1.29, 1.82) is 0 Å². The molecule has 0 atom stereocenters. The Hall–Kier alpha value is -4.13. The summed E-state index contributed by atoms with van der Waals surface area (Å²) in [5.41, 5.74) is 5.55. The smallest absolute Gasteiger partial charge is 0.337 e. The summed E-state index contributed by atoms with van der Waals surface area (Å²) in [6.07, 6.45) is 0. The van der Waals surface area contributed by atoms with Crippen LogP contribution in [0.3, 0.4) is 0 Å². The molecule has 4 aromatic rings. The van der Waals surface area contributed by atoms with Crippen LogP contribution in [0.2, 0.25) is 0 Å². The quantitative estimate of drug-likeness (QED) is 0.398. The fourth-order valence-corrected chi connectivity index (χ4v) is 4.81. The molecule has 2 heterocycles. The van der Waals surface area contributed by atoms with Gasteiger partial charge in [0, 0.05) is 31.9 Å². The highest BCUT2D eigenvalue weighted by molar-refractivity contribution is 5.94. The molecule has 36 heavy (non-hydrogen) atoms. The van der Waals surface area contributed by atoms with Crippen LogP contribution < -0.4 is 15.4 Å². The van der Waals surface area contributed by atoms with Crippen LogP contribution in [0.5, 0.6) is 0 Å². The summed E-state index contributed by atoms with van der Waals surface area (Å²) in [6, 6.07) is 21.4. The molecule has 0 amide bonds. The van der Waals surface area contributed by atoms with Gasteiger partial charge in [-0.1, -0.05) is 42.5 Å². The molecule has 0 aliphatic carbocycles. The summed E-state index contributed by atoms with van der Waals surface area (Å²) < 4.78 is 6.62. The van der Waals surface area contributed by atoms with Gasteiger partial charge in [0.15, 0.2) is 0 Å². The fraction of sp³-hybridized carbons (Fsp3) is 0.276. The van der Waals surface area contributed by atoms with Gasteiger partial charge in [-0.05, 0) is 54.8 Å². The number of esters is 1. The van der Waals surface area contributed by atoms with Gasteiger partial charge in [0.1, 0.15) is 0 Å². The Kier molecular flexibility index (Phi) is 6.46. The number of aromatic nitrogens is 2. The summed E-state index contributed by atoms with van der Waals surface area (Å²) in [5.74, 6) is 0.176. The molecular formula is C29H30N4O3. The number of carbonyl (C=O) groups is 1. The molecule has 184 valence electrons. The standard InChI is InChI=1S/C29H30N4O3/c1-20-9-10-21(2)26(17-20)31-13-15-32(16-14-31)29-30-25-18-23(28(35)36-3)11-12-24(25)27(34)33(29)19-22-7-5-4-6-8-22/h4-12,17-18H,13-16,19H2,1-3H3. The third-order valence-electron chi connectivity index (χ3n) is 6.81. The van der Waals surface area contributed by atoms with Crippen molar-refractivity contribution in [2.45, 2.75) is 20.4 Å². The molecule has 0 unspecified atom stereocenters. The molecule has 1 saturated heterocycles. The zero-order chi connectivity index (χ0) is 25.2. The highest BCUT2D eigenvalue weighted by Crippen LogP contribution is 2.25. The lowest BCUT2D eigenvalue weighted by atomic mass is 10.1. The van der Waals surface area contributed by atoms with Crippen LogP contribution in [0.4, 0.5) is 11.6 Å². The Morgan fingerprint density at radius 1 is 0.917 bits per heavy atom. The first kappa shape index (κ1) is 23.6. The number of ether oxygens (including phenoxy) is 1. The van der Waals surface area contributed by atoms with Crippen LogP contribution in [0.25, 0.3) is 10.9 Å². The van der Waals surface area contributed by atoms with Crippen molar-refractivity contribution in [3.05, 3.63) is 99.3 Å². The van der Waals surface area contributed by atoms with Crippen molar-refractivity contribution in [3.8, 4) is 0 Å². The van der Waals surface area contributed by atoms with Gasteiger partial charge in [-0.15, -0.1) is 0 Å². The third kappa shape index (κ3) is 4.56. The van der Waals surface area contributed by atoms with Crippen molar-refractivity contribution in [3.63, 3.8) is 0 Å². The van der Waals surface area contributed by atoms with E-state index in [1.807, 2.05) is 30.3 Å². The van der Waals surface area contributed by atoms with Crippen LogP contribution in [-0.4, -0.2) is 48.8 Å². The molecule has 1 aliphatic rings. The molecule has 0 saturated carbocycles. The third-order valence-corrected chi connectivity index (χ3v) is 6.81. The molecule has 7 nitrogen and oxygen atoms in total. The highest BCUT2D eigenvalue weighted by Gasteiger charge is 2.24. The first-order chi connectivity index (χ1) is 17.4. The summed E-state index contributed by atoms with van der Waals surface area (Å²) in [7, 11) is 1.35. The van der Waals surface area contributed by atoms with E-state index in [1.165, 1.54) is 23.9 Å². The second-order valence-corrected chi connectivity index (χ2v) is 9.28. The Bertz CT molecular complexity index is 1470. The van der Waals surface area contributed by atoms with E-state index in [0.717, 1.165) is 31.7 Å². The average molecular weight is 483 g/mol. The van der Waals surface area contributed by atoms with Crippen molar-refractivity contribution in [2.24, 2.45) is 0 Å². The molecular weight excluding hydrogens is 452 g/mol. The minimum absolute atomic E-state index is 0.118. The van der Waals surface area contributed by atoms with E-state index >= 15 is 0 Å². The first-order valence-corrected chi connectivity index (χ1v) is 12.2. The van der Waals surface area contributed by atoms with Gasteiger partial charge in [0.05, 0.1) is 30.1 Å². The Morgan fingerprint density at radius 3 is 2.36 bits per heavy atom. The summed E-state index contributed by atoms with van der Waals surface area (Å²) in [6.45, 7) is 7.80. The van der Waals surface area contributed by atoms with E-state index in [-0.39, 0.29) is 5.56 Å². The first-order valence-electron chi connectivity index (χ1n) is 12.2. The molecule has 0 bridgehead atoms. The number of rotatable bonds is 5. The van der Waals surface area contributed by atoms with Crippen molar-refractivity contribution < 1.29 is 9.53 Å². The van der Waals surface area contributed by atoms with Gasteiger partial charge >= 0.3 is 5.97 Å². The Labute approximate surface area is 210 Å². The Balaban J connectivity index is 1.53. The minimum Gasteiger partial charge on any atom is -0.465 e. The van der Waals surface area contributed by atoms with Gasteiger partial charge < -0.3 is 14.5 Å². The molecule has 1 fully saturated rings. The zero-order valence-corrected chi connectivity index (χ0v) is 20.9. The van der Waals surface area contributed by atoms with Crippen LogP contribution in [0.1, 0.15) is 27.0 Å². The average Bonchev–Trinajstić information content (AvgIpc) is 2.91. The Morgan fingerprint density at radius 2 is 1.64 bits per heavy atom. The number of hydrogen-bond donors (Lipinski definition) is 0. The summed E-state index contributed by atoms with van der Waals surface area (Å²) in [5, 5.41) is 0.483. The molecule has 0 N–H and O–H groups in total. The van der Waals surface area contributed by atoms with Crippen molar-refractivity contribution in [2.75, 3.05) is 43.1 Å². The second kappa shape index (κ2) is 9.85. The predicted octanol–water partition coefficient (Wildman–Crippen LogP) is 4.17. The minimum atomic E-state index is -0.448. The lowest BCUT2D eigenvalue weighted by Crippen LogP contribution is -2.48. The van der Waals surface area contributed by atoms with Gasteiger partial charge in [0.2, 0.25) is 5.95 Å². The second-order valence-electron chi connectivity index (χ2n) is 9.28. The number of anilines is 2. The summed E-state index contributed by atoms with van der Waals surface area (Å²) >= 11 is 0. The van der Waals surface area contributed by atoms with Crippen LogP contribution in [-0.2, 0) is 11.3 Å². The molecule has 0 radical (unpaired) electrons. The molecule has 5 rings (SSSR count). The van der Waals surface area contributed by atoms with E-state index in [1.54, 1.807) is 22.8 Å². The van der Waals surface area contributed by atoms with Gasteiger partial charge in [-0.25, -0.2) is 9.78 Å². The number of methoxy groups -OCH3 is 1. The number of piperazine rings is 1. The van der Waals surface area contributed by atoms with E-state index < -0.39 is 5.97 Å². The maximum Gasteiger partial charge on any atom is 0.337 e. The SMILES string of the molecule is COC(=O)c1ccc2c(=O)n(Cc3ccccc3)c(N3CCN(c4cc(C)ccc4C)CC3)nc2c1. The zero-order valence-electron chi connectivity index (χ0n) is 20.9. The molecule has 7 heteroatoms. The van der Waals surface area contributed by atoms with E-state index in [0.29, 0.717) is 29.0 Å². The van der Waals surface area contributed by atoms with Crippen LogP contribution in [0, 0.1) is 13.8 Å². The number of benzene rings is 3. The van der Waals surface area contributed by atoms with Crippen LogP contribution in [0.15, 0.2) is 71.5 Å². The monoisotopic (exact) mass is 482 g/mol. The van der Waals surface area contributed by atoms with Gasteiger partial charge in [-0.3, -0.25) is 9.36 Å². The van der Waals surface area contributed by atoms with E-state index in [2.05, 4.69) is 41.8 Å². The van der Waals surface area contributed by atoms with E-state index in [9.17, 15) is 9.59 Å². The van der Waals surface area contributed by atoms with Gasteiger partial charge in [0.25, 0.3) is 5.56 Å². The highest BCUT2D eigenvalue weighted by atomic mass is 16.5. The van der Waals surface area contributed by atoms with Gasteiger partial charge in [-0.2, -0.15) is 0 Å². The maximum absolute atomic E-state index is 13.7. The topological polar surface area (TPSA) is 67.7 Å². The summed E-state index contributed by atoms with van der Waals surface area (Å²) in [4.78, 5) is 35.3. The molecule has 1 aliphatic heterocycles. The fourth-order valence-electron chi connectivity index (χ4n) is 4.81. The number of nitrogens with zero attached hydrogens (tertiary/aromatic N) is 4. The number of aryl methyl sites for hydroxylation is 2. The number of fused-ring (bicyclic) bond motifs is 1. The molecule has 3 aromatic carbocycles. The molecule has 1 aromatic heterocycles. The lowest BCUT2D eigenvalue weighted by Gasteiger charge is -2.38. The maximum atomic E-state index is 13.7. The van der Waals surface area contributed by atoms with Crippen molar-refractivity contribution in [1.82, 2.24) is 9.55 Å². The molecule has 0 spiro atoms. The lowest BCUT2D eigenvalue weighted by molar-refractivity contribution is 0.0601. The van der Waals surface area contributed by atoms with Crippen LogP contribution >= 0.6 is 0 Å². The van der Waals surface area contributed by atoms with Crippen molar-refractivity contribution >= 4 is 28.5 Å². The predicted molar refractivity (Wildman–Crippen MR) is 143 cm³/mol. The van der Waals surface area contributed by atoms with E-state index in [4.69, 9.17) is 9.72 Å². The normalized spacial score (nSPS) is 13.8. The number of carbonyl (C=O) groups excluding carboxylic acids is 1. The largest absolute Gasteiger partial charge is 0.465 e.